The maximum absolute atomic E-state index is 7.25. The summed E-state index contributed by atoms with van der Waals surface area (Å²) in [5.41, 5.74) is 6.81. The van der Waals surface area contributed by atoms with Crippen LogP contribution < -0.4 is 10.6 Å². The fraction of sp³-hybridized carbons (Fsp3) is 0.455. The fourth-order valence-electron chi connectivity index (χ4n) is 1.36. The first kappa shape index (κ1) is 12.4. The van der Waals surface area contributed by atoms with Crippen molar-refractivity contribution in [2.45, 2.75) is 13.0 Å². The number of pyridine rings is 1. The Morgan fingerprint density at radius 2 is 2.31 bits per heavy atom. The monoisotopic (exact) mass is 222 g/mol. The predicted molar refractivity (Wildman–Crippen MR) is 65.0 cm³/mol. The highest BCUT2D eigenvalue weighted by Gasteiger charge is 2.10. The quantitative estimate of drug-likeness (QED) is 0.571. The van der Waals surface area contributed by atoms with Crippen molar-refractivity contribution in [3.8, 4) is 0 Å². The maximum atomic E-state index is 7.25. The van der Waals surface area contributed by atoms with Crippen LogP contribution in [0.2, 0.25) is 0 Å². The Bertz CT molecular complexity index is 350. The Balaban J connectivity index is 2.77. The number of ether oxygens (including phenoxy) is 1. The van der Waals surface area contributed by atoms with Gasteiger partial charge in [-0.3, -0.25) is 10.4 Å². The van der Waals surface area contributed by atoms with E-state index in [-0.39, 0.29) is 11.9 Å². The van der Waals surface area contributed by atoms with Crippen molar-refractivity contribution in [2.75, 3.05) is 25.7 Å². The molecule has 1 rings (SSSR count). The molecule has 1 unspecified atom stereocenters. The van der Waals surface area contributed by atoms with Gasteiger partial charge < -0.3 is 15.4 Å². The Kier molecular flexibility index (Phi) is 4.25. The van der Waals surface area contributed by atoms with Crippen LogP contribution in [0.5, 0.6) is 0 Å². The number of hydrogen-bond acceptors (Lipinski definition) is 4. The molecular weight excluding hydrogens is 204 g/mol. The van der Waals surface area contributed by atoms with Gasteiger partial charge in [0.1, 0.15) is 11.5 Å². The third-order valence-electron chi connectivity index (χ3n) is 2.50. The van der Waals surface area contributed by atoms with Gasteiger partial charge in [-0.1, -0.05) is 0 Å². The second kappa shape index (κ2) is 5.46. The molecule has 0 radical (unpaired) electrons. The van der Waals surface area contributed by atoms with Crippen LogP contribution in [0, 0.1) is 5.41 Å². The van der Waals surface area contributed by atoms with Crippen LogP contribution in [-0.2, 0) is 4.74 Å². The normalized spacial score (nSPS) is 12.2. The molecule has 0 aliphatic heterocycles. The Labute approximate surface area is 95.7 Å². The van der Waals surface area contributed by atoms with Crippen molar-refractivity contribution >= 4 is 11.5 Å². The molecule has 0 aliphatic carbocycles. The summed E-state index contributed by atoms with van der Waals surface area (Å²) in [6.45, 7) is 2.73. The first-order valence-electron chi connectivity index (χ1n) is 5.08. The van der Waals surface area contributed by atoms with Gasteiger partial charge in [0, 0.05) is 20.2 Å². The number of likely N-dealkylation sites (N-methyl/N-ethyl adjacent to an activating group) is 1. The van der Waals surface area contributed by atoms with Gasteiger partial charge in [0.2, 0.25) is 0 Å². The number of amidine groups is 1. The molecule has 0 amide bonds. The van der Waals surface area contributed by atoms with E-state index in [1.807, 2.05) is 13.1 Å². The molecule has 1 aromatic rings. The molecule has 1 aromatic heterocycles. The van der Waals surface area contributed by atoms with Crippen LogP contribution in [-0.4, -0.2) is 37.6 Å². The second-order valence-electron chi connectivity index (χ2n) is 3.73. The highest BCUT2D eigenvalue weighted by molar-refractivity contribution is 5.93. The molecule has 0 bridgehead atoms. The van der Waals surface area contributed by atoms with Gasteiger partial charge in [0.25, 0.3) is 0 Å². The van der Waals surface area contributed by atoms with E-state index in [0.29, 0.717) is 12.3 Å². The summed E-state index contributed by atoms with van der Waals surface area (Å²) in [5, 5.41) is 7.25. The lowest BCUT2D eigenvalue weighted by molar-refractivity contribution is 0.183. The molecule has 1 heterocycles. The maximum Gasteiger partial charge on any atom is 0.141 e. The highest BCUT2D eigenvalue weighted by atomic mass is 16.5. The summed E-state index contributed by atoms with van der Waals surface area (Å²) in [6.07, 6.45) is 1.71. The molecule has 3 N–H and O–H groups in total. The average molecular weight is 222 g/mol. The number of rotatable bonds is 5. The summed E-state index contributed by atoms with van der Waals surface area (Å²) >= 11 is 0. The topological polar surface area (TPSA) is 75.2 Å². The molecule has 16 heavy (non-hydrogen) atoms. The summed E-state index contributed by atoms with van der Waals surface area (Å²) in [5.74, 6) is -0.0147. The van der Waals surface area contributed by atoms with Crippen molar-refractivity contribution in [3.05, 3.63) is 24.0 Å². The third kappa shape index (κ3) is 2.93. The lowest BCUT2D eigenvalue weighted by Gasteiger charge is -2.26. The number of nitrogens with zero attached hydrogens (tertiary/aromatic N) is 2. The van der Waals surface area contributed by atoms with Crippen LogP contribution >= 0.6 is 0 Å². The summed E-state index contributed by atoms with van der Waals surface area (Å²) in [7, 11) is 3.66. The average Bonchev–Trinajstić information content (AvgIpc) is 2.28. The molecule has 0 aromatic carbocycles. The SMILES string of the molecule is COCC(C)N(C)c1ccc(C(=N)N)nc1. The lowest BCUT2D eigenvalue weighted by Crippen LogP contribution is -2.32. The number of aromatic nitrogens is 1. The lowest BCUT2D eigenvalue weighted by atomic mass is 10.2. The number of nitrogen functional groups attached to an aromatic ring is 1. The zero-order chi connectivity index (χ0) is 12.1. The first-order valence-corrected chi connectivity index (χ1v) is 5.08. The largest absolute Gasteiger partial charge is 0.383 e. The van der Waals surface area contributed by atoms with Gasteiger partial charge in [-0.25, -0.2) is 0 Å². The van der Waals surface area contributed by atoms with E-state index in [1.165, 1.54) is 0 Å². The van der Waals surface area contributed by atoms with Gasteiger partial charge in [0.15, 0.2) is 0 Å². The van der Waals surface area contributed by atoms with E-state index in [2.05, 4.69) is 16.8 Å². The van der Waals surface area contributed by atoms with Crippen molar-refractivity contribution in [1.82, 2.24) is 4.98 Å². The number of anilines is 1. The van der Waals surface area contributed by atoms with Crippen molar-refractivity contribution in [3.63, 3.8) is 0 Å². The van der Waals surface area contributed by atoms with Gasteiger partial charge in [-0.15, -0.1) is 0 Å². The number of nitrogens with one attached hydrogen (secondary N) is 1. The third-order valence-corrected chi connectivity index (χ3v) is 2.50. The van der Waals surface area contributed by atoms with E-state index >= 15 is 0 Å². The molecular formula is C11H18N4O. The zero-order valence-electron chi connectivity index (χ0n) is 9.90. The summed E-state index contributed by atoms with van der Waals surface area (Å²) in [6, 6.07) is 3.92. The number of methoxy groups -OCH3 is 1. The van der Waals surface area contributed by atoms with Gasteiger partial charge in [-0.2, -0.15) is 0 Å². The first-order chi connectivity index (χ1) is 7.56. The summed E-state index contributed by atoms with van der Waals surface area (Å²) < 4.78 is 5.09. The highest BCUT2D eigenvalue weighted by Crippen LogP contribution is 2.14. The minimum atomic E-state index is -0.0147. The fourth-order valence-corrected chi connectivity index (χ4v) is 1.36. The second-order valence-corrected chi connectivity index (χ2v) is 3.73. The van der Waals surface area contributed by atoms with Crippen molar-refractivity contribution in [2.24, 2.45) is 5.73 Å². The van der Waals surface area contributed by atoms with E-state index in [1.54, 1.807) is 19.4 Å². The molecule has 0 spiro atoms. The molecule has 88 valence electrons. The van der Waals surface area contributed by atoms with Gasteiger partial charge in [-0.05, 0) is 19.1 Å². The molecule has 5 nitrogen and oxygen atoms in total. The van der Waals surface area contributed by atoms with Crippen LogP contribution in [0.15, 0.2) is 18.3 Å². The Morgan fingerprint density at radius 3 is 2.75 bits per heavy atom. The van der Waals surface area contributed by atoms with Crippen LogP contribution in [0.4, 0.5) is 5.69 Å². The van der Waals surface area contributed by atoms with Crippen LogP contribution in [0.1, 0.15) is 12.6 Å². The smallest absolute Gasteiger partial charge is 0.141 e. The number of hydrogen-bond donors (Lipinski definition) is 2. The standard InChI is InChI=1S/C11H18N4O/c1-8(7-16-3)15(2)9-4-5-10(11(12)13)14-6-9/h4-6,8H,7H2,1-3H3,(H3,12,13). The molecule has 0 aliphatic rings. The van der Waals surface area contributed by atoms with Crippen LogP contribution in [0.25, 0.3) is 0 Å². The van der Waals surface area contributed by atoms with Gasteiger partial charge >= 0.3 is 0 Å². The van der Waals surface area contributed by atoms with E-state index < -0.39 is 0 Å². The molecule has 0 saturated heterocycles. The Morgan fingerprint density at radius 1 is 1.62 bits per heavy atom. The zero-order valence-corrected chi connectivity index (χ0v) is 9.90. The van der Waals surface area contributed by atoms with E-state index in [9.17, 15) is 0 Å². The van der Waals surface area contributed by atoms with Crippen molar-refractivity contribution in [1.29, 1.82) is 5.41 Å². The van der Waals surface area contributed by atoms with E-state index in [0.717, 1.165) is 5.69 Å². The predicted octanol–water partition coefficient (Wildman–Crippen LogP) is 0.837. The molecule has 1 atom stereocenters. The van der Waals surface area contributed by atoms with Crippen molar-refractivity contribution < 1.29 is 4.74 Å². The molecule has 5 heteroatoms. The van der Waals surface area contributed by atoms with Gasteiger partial charge in [0.05, 0.1) is 18.5 Å². The minimum absolute atomic E-state index is 0.0147. The Hall–Kier alpha value is -1.62. The minimum Gasteiger partial charge on any atom is -0.383 e. The van der Waals surface area contributed by atoms with E-state index in [4.69, 9.17) is 15.9 Å². The molecule has 0 fully saturated rings. The molecule has 0 saturated carbocycles. The summed E-state index contributed by atoms with van der Waals surface area (Å²) in [4.78, 5) is 6.18. The number of nitrogens with two attached hydrogens (primary N) is 1. The van der Waals surface area contributed by atoms with Crippen LogP contribution in [0.3, 0.4) is 0 Å².